The molecule has 17 heteroatoms. The number of nitriles is 1. The molecule has 2 aliphatic rings. The van der Waals surface area contributed by atoms with Crippen LogP contribution in [0.15, 0.2) is 66.5 Å². The fraction of sp³-hybridized carbons (Fsp3) is 0.290. The van der Waals surface area contributed by atoms with Crippen molar-refractivity contribution < 1.29 is 45.8 Å². The lowest BCUT2D eigenvalue weighted by Gasteiger charge is -2.23. The number of allylic oxidation sites excluding steroid dienone is 1. The molecule has 3 heterocycles. The molecule has 1 amide bonds. The van der Waals surface area contributed by atoms with E-state index in [1.807, 2.05) is 12.1 Å². The Hall–Kier alpha value is -5.66. The molecule has 3 N–H and O–H groups in total. The second-order valence-electron chi connectivity index (χ2n) is 11.0. The summed E-state index contributed by atoms with van der Waals surface area (Å²) in [6.45, 7) is -0.992. The number of alkyl halides is 5. The van der Waals surface area contributed by atoms with Crippen molar-refractivity contribution in [2.24, 2.45) is 5.92 Å². The molecule has 0 radical (unpaired) electrons. The first-order chi connectivity index (χ1) is 22.7. The van der Waals surface area contributed by atoms with Gasteiger partial charge in [0.05, 0.1) is 24.5 Å². The number of anilines is 1. The number of para-hydroxylation sites is 1. The van der Waals surface area contributed by atoms with Crippen LogP contribution >= 0.6 is 0 Å². The number of ether oxygens (including phenoxy) is 1. The first-order valence-electron chi connectivity index (χ1n) is 14.3. The average molecular weight is 674 g/mol. The van der Waals surface area contributed by atoms with Gasteiger partial charge in [0, 0.05) is 18.1 Å². The van der Waals surface area contributed by atoms with Crippen molar-refractivity contribution in [2.75, 3.05) is 12.3 Å². The predicted octanol–water partition coefficient (Wildman–Crippen LogP) is 5.74. The highest BCUT2D eigenvalue weighted by atomic mass is 19.4. The van der Waals surface area contributed by atoms with Crippen LogP contribution in [-0.4, -0.2) is 66.3 Å². The maximum absolute atomic E-state index is 15.4. The molecule has 0 unspecified atom stereocenters. The van der Waals surface area contributed by atoms with Gasteiger partial charge in [-0.2, -0.15) is 23.5 Å². The molecule has 2 aromatic carbocycles. The number of carbonyl (C=O) groups is 2. The van der Waals surface area contributed by atoms with Crippen molar-refractivity contribution >= 4 is 28.7 Å². The third-order valence-electron chi connectivity index (χ3n) is 7.37. The van der Waals surface area contributed by atoms with E-state index in [1.54, 1.807) is 36.4 Å². The molecule has 0 bridgehead atoms. The smallest absolute Gasteiger partial charge is 0.475 e. The number of carboxylic acid groups (broad SMARTS) is 1. The summed E-state index contributed by atoms with van der Waals surface area (Å²) in [5, 5.41) is 21.4. The number of rotatable bonds is 7. The van der Waals surface area contributed by atoms with Gasteiger partial charge in [0.1, 0.15) is 46.8 Å². The number of likely N-dealkylation sites (tertiary alicyclic amines) is 1. The zero-order chi connectivity index (χ0) is 34.8. The van der Waals surface area contributed by atoms with Crippen LogP contribution in [0.2, 0.25) is 0 Å². The molecular weight excluding hydrogens is 648 g/mol. The van der Waals surface area contributed by atoms with E-state index in [2.05, 4.69) is 15.1 Å². The van der Waals surface area contributed by atoms with E-state index in [-0.39, 0.29) is 51.9 Å². The van der Waals surface area contributed by atoms with Gasteiger partial charge in [-0.25, -0.2) is 32.6 Å². The summed E-state index contributed by atoms with van der Waals surface area (Å²) >= 11 is 0. The molecule has 2 aromatic heterocycles. The second-order valence-corrected chi connectivity index (χ2v) is 11.0. The molecule has 0 spiro atoms. The largest absolute Gasteiger partial charge is 0.490 e. The van der Waals surface area contributed by atoms with E-state index < -0.39 is 48.8 Å². The summed E-state index contributed by atoms with van der Waals surface area (Å²) in [7, 11) is 0. The Labute approximate surface area is 267 Å². The quantitative estimate of drug-likeness (QED) is 0.142. The molecule has 1 atom stereocenters. The third kappa shape index (κ3) is 7.65. The molecule has 1 aliphatic carbocycles. The normalized spacial score (nSPS) is 17.4. The molecule has 1 saturated carbocycles. The Morgan fingerprint density at radius 1 is 1.12 bits per heavy atom. The monoisotopic (exact) mass is 673 g/mol. The number of halogens is 6. The summed E-state index contributed by atoms with van der Waals surface area (Å²) in [5.41, 5.74) is 6.41. The van der Waals surface area contributed by atoms with E-state index in [0.717, 1.165) is 17.7 Å². The first-order valence-corrected chi connectivity index (χ1v) is 14.3. The molecule has 6 rings (SSSR count). The highest BCUT2D eigenvalue weighted by molar-refractivity contribution is 5.99. The van der Waals surface area contributed by atoms with Crippen LogP contribution in [0.25, 0.3) is 22.3 Å². The molecule has 1 aliphatic heterocycles. The van der Waals surface area contributed by atoms with Crippen LogP contribution in [0.3, 0.4) is 0 Å². The van der Waals surface area contributed by atoms with Gasteiger partial charge in [0.25, 0.3) is 11.8 Å². The summed E-state index contributed by atoms with van der Waals surface area (Å²) in [6.07, 6.45) is -1.24. The van der Waals surface area contributed by atoms with E-state index >= 15 is 4.39 Å². The number of aliphatic carboxylic acids is 1. The maximum atomic E-state index is 15.4. The summed E-state index contributed by atoms with van der Waals surface area (Å²) in [4.78, 5) is 31.3. The van der Waals surface area contributed by atoms with E-state index in [4.69, 9.17) is 20.4 Å². The topological polar surface area (TPSA) is 160 Å². The van der Waals surface area contributed by atoms with E-state index in [0.29, 0.717) is 5.75 Å². The van der Waals surface area contributed by atoms with Gasteiger partial charge < -0.3 is 20.5 Å². The molecule has 48 heavy (non-hydrogen) atoms. The molecule has 250 valence electrons. The van der Waals surface area contributed by atoms with Crippen molar-refractivity contribution in [3.63, 3.8) is 0 Å². The number of nitrogens with two attached hydrogens (primary N) is 1. The minimum Gasteiger partial charge on any atom is -0.475 e. The fourth-order valence-corrected chi connectivity index (χ4v) is 5.03. The van der Waals surface area contributed by atoms with Crippen LogP contribution in [0.5, 0.6) is 11.5 Å². The molecular formula is C31H25F6N7O4. The number of hydrogen-bond donors (Lipinski definition) is 2. The summed E-state index contributed by atoms with van der Waals surface area (Å²) in [5.74, 6) is -6.36. The van der Waals surface area contributed by atoms with Crippen LogP contribution in [-0.2, 0) is 16.1 Å². The van der Waals surface area contributed by atoms with Crippen LogP contribution < -0.4 is 10.5 Å². The van der Waals surface area contributed by atoms with Gasteiger partial charge in [-0.1, -0.05) is 24.3 Å². The van der Waals surface area contributed by atoms with Crippen LogP contribution in [0.4, 0.5) is 32.2 Å². The molecule has 4 aromatic rings. The number of carbonyl (C=O) groups excluding carboxylic acids is 1. The van der Waals surface area contributed by atoms with Crippen LogP contribution in [0.1, 0.15) is 19.3 Å². The SMILES string of the molecule is N#C/C(=C\C1CC1)C(=O)N1CC(F)(F)C[C@H]1Cn1nc(-c2ccc(Oc3ccccc3)cc2F)c2c(N)ncnc21.O=C(O)C(F)(F)F. The zero-order valence-electron chi connectivity index (χ0n) is 24.7. The van der Waals surface area contributed by atoms with Crippen molar-refractivity contribution in [1.29, 1.82) is 5.26 Å². The Morgan fingerprint density at radius 2 is 1.81 bits per heavy atom. The molecule has 11 nitrogen and oxygen atoms in total. The number of fused-ring (bicyclic) bond motifs is 1. The second kappa shape index (κ2) is 13.2. The van der Waals surface area contributed by atoms with Crippen molar-refractivity contribution in [2.45, 2.75) is 43.9 Å². The minimum atomic E-state index is -5.08. The molecule has 2 fully saturated rings. The van der Waals surface area contributed by atoms with Crippen LogP contribution in [0, 0.1) is 23.1 Å². The Morgan fingerprint density at radius 3 is 2.42 bits per heavy atom. The number of benzene rings is 2. The number of nitrogen functional groups attached to an aromatic ring is 1. The third-order valence-corrected chi connectivity index (χ3v) is 7.37. The number of nitrogens with zero attached hydrogens (tertiary/aromatic N) is 6. The Kier molecular flexibility index (Phi) is 9.28. The Bertz CT molecular complexity index is 1920. The van der Waals surface area contributed by atoms with Crippen molar-refractivity contribution in [3.8, 4) is 28.8 Å². The highest BCUT2D eigenvalue weighted by Gasteiger charge is 2.48. The summed E-state index contributed by atoms with van der Waals surface area (Å²) < 4.78 is 83.4. The van der Waals surface area contributed by atoms with E-state index in [1.165, 1.54) is 23.1 Å². The number of hydrogen-bond acceptors (Lipinski definition) is 8. The minimum absolute atomic E-state index is 0.0316. The van der Waals surface area contributed by atoms with Gasteiger partial charge >= 0.3 is 12.1 Å². The van der Waals surface area contributed by atoms with Gasteiger partial charge in [0.15, 0.2) is 5.65 Å². The lowest BCUT2D eigenvalue weighted by Crippen LogP contribution is -2.39. The van der Waals surface area contributed by atoms with Gasteiger partial charge in [-0.3, -0.25) is 4.79 Å². The summed E-state index contributed by atoms with van der Waals surface area (Å²) in [6, 6.07) is 14.0. The average Bonchev–Trinajstić information content (AvgIpc) is 3.70. The lowest BCUT2D eigenvalue weighted by molar-refractivity contribution is -0.192. The van der Waals surface area contributed by atoms with Crippen molar-refractivity contribution in [1.82, 2.24) is 24.6 Å². The standard InChI is InChI=1S/C29H24F3N7O2.C2HF3O2/c30-23-11-21(41-20-4-2-1-3-5-20)8-9-22(23)25-24-26(34)35-16-36-27(24)39(37-25)14-19-12-29(31,32)15-38(19)28(40)18(13-33)10-17-6-7-17;3-2(4,5)1(6)7/h1-5,8-11,16-17,19H,6-7,12,14-15H2,(H2,34,35,36);(H,6,7)/b18-10+;/t19-;/m0./s1. The van der Waals surface area contributed by atoms with Gasteiger partial charge in [-0.15, -0.1) is 0 Å². The van der Waals surface area contributed by atoms with E-state index in [9.17, 15) is 32.0 Å². The number of carboxylic acids is 1. The Balaban J connectivity index is 0.000000582. The van der Waals surface area contributed by atoms with Gasteiger partial charge in [0.2, 0.25) is 0 Å². The fourth-order valence-electron chi connectivity index (χ4n) is 5.03. The predicted molar refractivity (Wildman–Crippen MR) is 157 cm³/mol. The number of aromatic nitrogens is 4. The van der Waals surface area contributed by atoms with Crippen molar-refractivity contribution in [3.05, 3.63) is 72.3 Å². The number of amides is 1. The van der Waals surface area contributed by atoms with Gasteiger partial charge in [-0.05, 0) is 43.0 Å². The lowest BCUT2D eigenvalue weighted by atomic mass is 10.1. The maximum Gasteiger partial charge on any atom is 0.490 e. The first kappa shape index (κ1) is 33.7. The zero-order valence-corrected chi connectivity index (χ0v) is 24.7. The highest BCUT2D eigenvalue weighted by Crippen LogP contribution is 2.38. The molecule has 1 saturated heterocycles.